The van der Waals surface area contributed by atoms with Crippen molar-refractivity contribution < 1.29 is 39.5 Å². The molecule has 0 spiro atoms. The zero-order valence-corrected chi connectivity index (χ0v) is 7.78. The summed E-state index contributed by atoms with van der Waals surface area (Å²) in [5, 5.41) is 36.4. The summed E-state index contributed by atoms with van der Waals surface area (Å²) in [4.78, 5) is 21.2. The summed E-state index contributed by atoms with van der Waals surface area (Å²) in [5.74, 6) is -6.30. The third kappa shape index (κ3) is 1.85. The van der Waals surface area contributed by atoms with Crippen LogP contribution in [0.25, 0.3) is 0 Å². The first-order chi connectivity index (χ1) is 7.31. The molecule has 0 aromatic carbocycles. The molecule has 6 N–H and O–H groups in total. The van der Waals surface area contributed by atoms with Crippen LogP contribution in [0.4, 0.5) is 4.79 Å². The van der Waals surface area contributed by atoms with Crippen LogP contribution in [0.5, 0.6) is 0 Å². The SMILES string of the molecule is NC(=O)O[C@](O)(CO)[C@H]1OC(=O)C(O)=C1O. The van der Waals surface area contributed by atoms with Gasteiger partial charge in [-0.15, -0.1) is 0 Å². The van der Waals surface area contributed by atoms with Crippen molar-refractivity contribution in [1.82, 2.24) is 0 Å². The van der Waals surface area contributed by atoms with E-state index in [1.807, 2.05) is 0 Å². The van der Waals surface area contributed by atoms with Gasteiger partial charge >= 0.3 is 12.1 Å². The highest BCUT2D eigenvalue weighted by Crippen LogP contribution is 2.28. The minimum absolute atomic E-state index is 1.07. The van der Waals surface area contributed by atoms with Crippen LogP contribution in [0, 0.1) is 0 Å². The molecule has 16 heavy (non-hydrogen) atoms. The van der Waals surface area contributed by atoms with Crippen molar-refractivity contribution in [2.45, 2.75) is 11.9 Å². The Bertz CT molecular complexity index is 363. The number of aliphatic hydroxyl groups excluding tert-OH is 3. The largest absolute Gasteiger partial charge is 0.505 e. The van der Waals surface area contributed by atoms with Crippen molar-refractivity contribution in [2.24, 2.45) is 5.73 Å². The zero-order valence-electron chi connectivity index (χ0n) is 7.78. The highest BCUT2D eigenvalue weighted by atomic mass is 16.7. The van der Waals surface area contributed by atoms with Gasteiger partial charge in [0, 0.05) is 0 Å². The van der Waals surface area contributed by atoms with Gasteiger partial charge in [0.2, 0.25) is 11.9 Å². The maximum absolute atomic E-state index is 10.8. The van der Waals surface area contributed by atoms with E-state index in [2.05, 4.69) is 15.2 Å². The van der Waals surface area contributed by atoms with Crippen molar-refractivity contribution in [2.75, 3.05) is 6.61 Å². The normalized spacial score (nSPS) is 23.9. The lowest BCUT2D eigenvalue weighted by Gasteiger charge is -2.28. The second-order valence-electron chi connectivity index (χ2n) is 2.94. The number of primary amides is 1. The molecule has 0 saturated carbocycles. The van der Waals surface area contributed by atoms with Crippen LogP contribution < -0.4 is 5.73 Å². The number of ether oxygens (including phenoxy) is 2. The highest BCUT2D eigenvalue weighted by molar-refractivity contribution is 5.89. The molecule has 0 radical (unpaired) electrons. The minimum atomic E-state index is -2.75. The second kappa shape index (κ2) is 3.87. The standard InChI is InChI=1S/C7H9NO8/c8-6(13)16-7(14,1-9)4-2(10)3(11)5(12)15-4/h4,9-11,14H,1H2,(H2,8,13)/t4-,7+/m0/s1. The lowest BCUT2D eigenvalue weighted by atomic mass is 10.1. The molecule has 1 heterocycles. The molecule has 0 unspecified atom stereocenters. The molecular weight excluding hydrogens is 226 g/mol. The average molecular weight is 235 g/mol. The summed E-state index contributed by atoms with van der Waals surface area (Å²) in [5.41, 5.74) is 4.60. The van der Waals surface area contributed by atoms with Crippen LogP contribution in [0.1, 0.15) is 0 Å². The molecule has 1 aliphatic heterocycles. The first-order valence-corrected chi connectivity index (χ1v) is 3.96. The van der Waals surface area contributed by atoms with Gasteiger partial charge < -0.3 is 35.6 Å². The van der Waals surface area contributed by atoms with Crippen LogP contribution in [0.3, 0.4) is 0 Å². The summed E-state index contributed by atoms with van der Waals surface area (Å²) in [7, 11) is 0. The molecule has 1 rings (SSSR count). The van der Waals surface area contributed by atoms with Crippen molar-refractivity contribution in [3.05, 3.63) is 11.5 Å². The number of carbonyl (C=O) groups excluding carboxylic acids is 2. The van der Waals surface area contributed by atoms with Crippen LogP contribution >= 0.6 is 0 Å². The summed E-state index contributed by atoms with van der Waals surface area (Å²) in [6.45, 7) is -1.20. The molecule has 9 nitrogen and oxygen atoms in total. The van der Waals surface area contributed by atoms with Crippen molar-refractivity contribution in [1.29, 1.82) is 0 Å². The average Bonchev–Trinajstić information content (AvgIpc) is 2.45. The third-order valence-corrected chi connectivity index (χ3v) is 1.82. The lowest BCUT2D eigenvalue weighted by molar-refractivity contribution is -0.239. The van der Waals surface area contributed by atoms with Crippen molar-refractivity contribution in [3.63, 3.8) is 0 Å². The van der Waals surface area contributed by atoms with E-state index < -0.39 is 42.1 Å². The monoisotopic (exact) mass is 235 g/mol. The Labute approximate surface area is 88.3 Å². The van der Waals surface area contributed by atoms with Crippen LogP contribution in [0.2, 0.25) is 0 Å². The van der Waals surface area contributed by atoms with Crippen LogP contribution in [-0.4, -0.2) is 51.0 Å². The number of nitrogens with two attached hydrogens (primary N) is 1. The minimum Gasteiger partial charge on any atom is -0.505 e. The Kier molecular flexibility index (Phi) is 2.92. The molecule has 90 valence electrons. The number of carbonyl (C=O) groups is 2. The molecule has 1 aliphatic rings. The van der Waals surface area contributed by atoms with Gasteiger partial charge in [0.1, 0.15) is 6.61 Å². The van der Waals surface area contributed by atoms with Gasteiger partial charge in [0.25, 0.3) is 5.79 Å². The smallest absolute Gasteiger partial charge is 0.407 e. The van der Waals surface area contributed by atoms with Crippen molar-refractivity contribution in [3.8, 4) is 0 Å². The van der Waals surface area contributed by atoms with E-state index in [0.29, 0.717) is 0 Å². The topological polar surface area (TPSA) is 160 Å². The van der Waals surface area contributed by atoms with Gasteiger partial charge in [-0.2, -0.15) is 0 Å². The van der Waals surface area contributed by atoms with E-state index in [1.165, 1.54) is 0 Å². The van der Waals surface area contributed by atoms with E-state index in [9.17, 15) is 19.8 Å². The first-order valence-electron chi connectivity index (χ1n) is 3.96. The lowest BCUT2D eigenvalue weighted by Crippen LogP contribution is -2.51. The van der Waals surface area contributed by atoms with Crippen LogP contribution in [0.15, 0.2) is 11.5 Å². The fourth-order valence-electron chi connectivity index (χ4n) is 1.10. The van der Waals surface area contributed by atoms with Crippen LogP contribution in [-0.2, 0) is 14.3 Å². The van der Waals surface area contributed by atoms with Gasteiger partial charge in [-0.25, -0.2) is 9.59 Å². The summed E-state index contributed by atoms with van der Waals surface area (Å²) < 4.78 is 8.39. The summed E-state index contributed by atoms with van der Waals surface area (Å²) in [6.07, 6.45) is -3.40. The number of rotatable bonds is 3. The Balaban J connectivity index is 3.00. The van der Waals surface area contributed by atoms with E-state index in [4.69, 9.17) is 10.2 Å². The maximum atomic E-state index is 10.8. The second-order valence-corrected chi connectivity index (χ2v) is 2.94. The van der Waals surface area contributed by atoms with E-state index in [0.717, 1.165) is 0 Å². The molecule has 1 amide bonds. The van der Waals surface area contributed by atoms with E-state index in [-0.39, 0.29) is 0 Å². The van der Waals surface area contributed by atoms with Gasteiger partial charge in [0.05, 0.1) is 0 Å². The number of cyclic esters (lactones) is 1. The number of hydrogen-bond acceptors (Lipinski definition) is 8. The molecular formula is C7H9NO8. The predicted molar refractivity (Wildman–Crippen MR) is 44.9 cm³/mol. The predicted octanol–water partition coefficient (Wildman–Crippen LogP) is -1.98. The first kappa shape index (κ1) is 12.1. The third-order valence-electron chi connectivity index (χ3n) is 1.82. The van der Waals surface area contributed by atoms with E-state index in [1.54, 1.807) is 0 Å². The molecule has 0 aromatic rings. The van der Waals surface area contributed by atoms with E-state index >= 15 is 0 Å². The molecule has 0 fully saturated rings. The molecule has 2 atom stereocenters. The summed E-state index contributed by atoms with van der Waals surface area (Å²) >= 11 is 0. The Hall–Kier alpha value is -2.00. The molecule has 0 bridgehead atoms. The number of hydrogen-bond donors (Lipinski definition) is 5. The van der Waals surface area contributed by atoms with Gasteiger partial charge in [-0.05, 0) is 0 Å². The Morgan fingerprint density at radius 2 is 2.12 bits per heavy atom. The Morgan fingerprint density at radius 1 is 1.56 bits per heavy atom. The molecule has 9 heteroatoms. The molecule has 0 aliphatic carbocycles. The number of aliphatic hydroxyl groups is 4. The van der Waals surface area contributed by atoms with Gasteiger partial charge in [0.15, 0.2) is 5.76 Å². The number of esters is 1. The molecule has 0 aromatic heterocycles. The summed E-state index contributed by atoms with van der Waals surface area (Å²) in [6, 6.07) is 0. The maximum Gasteiger partial charge on any atom is 0.407 e. The molecule has 0 saturated heterocycles. The quantitative estimate of drug-likeness (QED) is 0.277. The fourth-order valence-corrected chi connectivity index (χ4v) is 1.10. The highest BCUT2D eigenvalue weighted by Gasteiger charge is 2.51. The van der Waals surface area contributed by atoms with Gasteiger partial charge in [-0.1, -0.05) is 0 Å². The van der Waals surface area contributed by atoms with Crippen molar-refractivity contribution >= 4 is 12.1 Å². The van der Waals surface area contributed by atoms with Gasteiger partial charge in [-0.3, -0.25) is 0 Å². The fraction of sp³-hybridized carbons (Fsp3) is 0.429. The number of amides is 1. The zero-order chi connectivity index (χ0) is 12.5. The Morgan fingerprint density at radius 3 is 2.44 bits per heavy atom.